The zero-order valence-electron chi connectivity index (χ0n) is 14.1. The molecule has 128 valence electrons. The second-order valence-electron chi connectivity index (χ2n) is 6.14. The summed E-state index contributed by atoms with van der Waals surface area (Å²) in [7, 11) is 1.60. The summed E-state index contributed by atoms with van der Waals surface area (Å²) < 4.78 is 5.22. The summed E-state index contributed by atoms with van der Waals surface area (Å²) in [5.41, 5.74) is 2.41. The van der Waals surface area contributed by atoms with E-state index < -0.39 is 0 Å². The Hall–Kier alpha value is -2.34. The molecule has 0 fully saturated rings. The quantitative estimate of drug-likeness (QED) is 0.877. The molecule has 1 aromatic carbocycles. The highest BCUT2D eigenvalue weighted by Gasteiger charge is 2.22. The van der Waals surface area contributed by atoms with Crippen LogP contribution in [0.2, 0.25) is 0 Å². The lowest BCUT2D eigenvalue weighted by Crippen LogP contribution is -2.35. The topological polar surface area (TPSA) is 78.5 Å². The van der Waals surface area contributed by atoms with Gasteiger partial charge in [0.2, 0.25) is 0 Å². The SMILES string of the molecule is CCCc1nc2c(c(=O)[nH]1)CN(Cc1cc(OC)ccc1O)CC2. The molecule has 24 heavy (non-hydrogen) atoms. The largest absolute Gasteiger partial charge is 0.508 e. The summed E-state index contributed by atoms with van der Waals surface area (Å²) in [6.45, 7) is 3.99. The average Bonchev–Trinajstić information content (AvgIpc) is 2.58. The van der Waals surface area contributed by atoms with Crippen LogP contribution in [0.1, 0.15) is 36.0 Å². The van der Waals surface area contributed by atoms with E-state index in [1.807, 2.05) is 6.07 Å². The highest BCUT2D eigenvalue weighted by molar-refractivity contribution is 5.39. The van der Waals surface area contributed by atoms with Crippen molar-refractivity contribution in [3.05, 3.63) is 51.2 Å². The van der Waals surface area contributed by atoms with Gasteiger partial charge in [0.05, 0.1) is 18.4 Å². The average molecular weight is 329 g/mol. The standard InChI is InChI=1S/C18H23N3O3/c1-3-4-17-19-15-7-8-21(11-14(15)18(23)20-17)10-12-9-13(24-2)5-6-16(12)22/h5-6,9,22H,3-4,7-8,10-11H2,1-2H3,(H,19,20,23). The first-order valence-electron chi connectivity index (χ1n) is 8.30. The first-order valence-corrected chi connectivity index (χ1v) is 8.30. The summed E-state index contributed by atoms with van der Waals surface area (Å²) in [5, 5.41) is 10.0. The van der Waals surface area contributed by atoms with Gasteiger partial charge in [-0.05, 0) is 24.6 Å². The molecule has 0 saturated carbocycles. The van der Waals surface area contributed by atoms with Crippen molar-refractivity contribution in [1.82, 2.24) is 14.9 Å². The Kier molecular flexibility index (Phi) is 4.85. The Balaban J connectivity index is 1.79. The summed E-state index contributed by atoms with van der Waals surface area (Å²) >= 11 is 0. The summed E-state index contributed by atoms with van der Waals surface area (Å²) in [6.07, 6.45) is 2.51. The predicted octanol–water partition coefficient (Wildman–Crippen LogP) is 1.99. The third-order valence-electron chi connectivity index (χ3n) is 4.36. The molecule has 2 heterocycles. The summed E-state index contributed by atoms with van der Waals surface area (Å²) in [4.78, 5) is 22.0. The Morgan fingerprint density at radius 2 is 2.25 bits per heavy atom. The number of aromatic hydroxyl groups is 1. The molecule has 2 N–H and O–H groups in total. The molecule has 1 aliphatic rings. The molecule has 3 rings (SSSR count). The number of aromatic amines is 1. The minimum Gasteiger partial charge on any atom is -0.508 e. The monoisotopic (exact) mass is 329 g/mol. The van der Waals surface area contributed by atoms with Gasteiger partial charge in [0, 0.05) is 38.0 Å². The number of phenolic OH excluding ortho intramolecular Hbond substituents is 1. The van der Waals surface area contributed by atoms with E-state index in [4.69, 9.17) is 4.74 Å². The third kappa shape index (κ3) is 3.43. The van der Waals surface area contributed by atoms with Crippen LogP contribution in [0.3, 0.4) is 0 Å². The van der Waals surface area contributed by atoms with Gasteiger partial charge in [-0.3, -0.25) is 9.69 Å². The molecule has 0 bridgehead atoms. The number of hydrogen-bond acceptors (Lipinski definition) is 5. The van der Waals surface area contributed by atoms with E-state index in [1.54, 1.807) is 19.2 Å². The van der Waals surface area contributed by atoms with Gasteiger partial charge in [0.25, 0.3) is 5.56 Å². The number of methoxy groups -OCH3 is 1. The fourth-order valence-corrected chi connectivity index (χ4v) is 3.08. The Morgan fingerprint density at radius 1 is 1.42 bits per heavy atom. The molecule has 0 radical (unpaired) electrons. The summed E-state index contributed by atoms with van der Waals surface area (Å²) in [5.74, 6) is 1.73. The molecular weight excluding hydrogens is 306 g/mol. The number of rotatable bonds is 5. The Bertz CT molecular complexity index is 786. The van der Waals surface area contributed by atoms with Gasteiger partial charge in [-0.25, -0.2) is 4.98 Å². The zero-order chi connectivity index (χ0) is 17.1. The van der Waals surface area contributed by atoms with Crippen molar-refractivity contribution in [3.63, 3.8) is 0 Å². The number of ether oxygens (including phenoxy) is 1. The van der Waals surface area contributed by atoms with E-state index in [9.17, 15) is 9.90 Å². The normalized spacial score (nSPS) is 14.4. The van der Waals surface area contributed by atoms with Gasteiger partial charge < -0.3 is 14.8 Å². The van der Waals surface area contributed by atoms with Gasteiger partial charge in [0.15, 0.2) is 0 Å². The lowest BCUT2D eigenvalue weighted by molar-refractivity contribution is 0.238. The van der Waals surface area contributed by atoms with Crippen molar-refractivity contribution in [2.24, 2.45) is 0 Å². The van der Waals surface area contributed by atoms with E-state index in [0.717, 1.165) is 48.5 Å². The van der Waals surface area contributed by atoms with Crippen LogP contribution in [0, 0.1) is 0 Å². The van der Waals surface area contributed by atoms with Crippen molar-refractivity contribution in [1.29, 1.82) is 0 Å². The number of benzene rings is 1. The number of aryl methyl sites for hydroxylation is 1. The Labute approximate surface area is 141 Å². The van der Waals surface area contributed by atoms with Crippen LogP contribution in [0.5, 0.6) is 11.5 Å². The first kappa shape index (κ1) is 16.5. The van der Waals surface area contributed by atoms with E-state index in [0.29, 0.717) is 18.8 Å². The van der Waals surface area contributed by atoms with Crippen molar-refractivity contribution in [2.45, 2.75) is 39.3 Å². The zero-order valence-corrected chi connectivity index (χ0v) is 14.1. The minimum atomic E-state index is -0.0389. The van der Waals surface area contributed by atoms with Crippen molar-refractivity contribution < 1.29 is 9.84 Å². The number of phenols is 1. The van der Waals surface area contributed by atoms with Gasteiger partial charge in [-0.1, -0.05) is 6.92 Å². The van der Waals surface area contributed by atoms with Gasteiger partial charge in [0.1, 0.15) is 17.3 Å². The van der Waals surface area contributed by atoms with Crippen molar-refractivity contribution >= 4 is 0 Å². The molecule has 0 saturated heterocycles. The van der Waals surface area contributed by atoms with Crippen molar-refractivity contribution in [3.8, 4) is 11.5 Å². The molecular formula is C18H23N3O3. The minimum absolute atomic E-state index is 0.0389. The van der Waals surface area contributed by atoms with Gasteiger partial charge >= 0.3 is 0 Å². The molecule has 1 aliphatic heterocycles. The number of aromatic nitrogens is 2. The van der Waals surface area contributed by atoms with Crippen LogP contribution in [-0.4, -0.2) is 33.6 Å². The number of nitrogens with zero attached hydrogens (tertiary/aromatic N) is 2. The maximum atomic E-state index is 12.3. The number of hydrogen-bond donors (Lipinski definition) is 2. The molecule has 6 heteroatoms. The van der Waals surface area contributed by atoms with Crippen LogP contribution in [0.4, 0.5) is 0 Å². The molecule has 2 aromatic rings. The third-order valence-corrected chi connectivity index (χ3v) is 4.36. The number of nitrogens with one attached hydrogen (secondary N) is 1. The molecule has 0 spiro atoms. The lowest BCUT2D eigenvalue weighted by atomic mass is 10.1. The van der Waals surface area contributed by atoms with Crippen LogP contribution >= 0.6 is 0 Å². The molecule has 0 amide bonds. The molecule has 0 unspecified atom stereocenters. The van der Waals surface area contributed by atoms with E-state index in [2.05, 4.69) is 21.8 Å². The highest BCUT2D eigenvalue weighted by atomic mass is 16.5. The molecule has 0 aliphatic carbocycles. The van der Waals surface area contributed by atoms with Crippen LogP contribution in [0.15, 0.2) is 23.0 Å². The number of H-pyrrole nitrogens is 1. The highest BCUT2D eigenvalue weighted by Crippen LogP contribution is 2.26. The predicted molar refractivity (Wildman–Crippen MR) is 91.3 cm³/mol. The van der Waals surface area contributed by atoms with Gasteiger partial charge in [-0.15, -0.1) is 0 Å². The Morgan fingerprint density at radius 3 is 3.00 bits per heavy atom. The molecule has 0 atom stereocenters. The maximum Gasteiger partial charge on any atom is 0.255 e. The van der Waals surface area contributed by atoms with Crippen LogP contribution in [-0.2, 0) is 25.9 Å². The number of fused-ring (bicyclic) bond motifs is 1. The fourth-order valence-electron chi connectivity index (χ4n) is 3.08. The van der Waals surface area contributed by atoms with E-state index >= 15 is 0 Å². The molecule has 6 nitrogen and oxygen atoms in total. The van der Waals surface area contributed by atoms with E-state index in [1.165, 1.54) is 0 Å². The second kappa shape index (κ2) is 7.05. The fraction of sp³-hybridized carbons (Fsp3) is 0.444. The van der Waals surface area contributed by atoms with Crippen molar-refractivity contribution in [2.75, 3.05) is 13.7 Å². The lowest BCUT2D eigenvalue weighted by Gasteiger charge is -2.28. The summed E-state index contributed by atoms with van der Waals surface area (Å²) in [6, 6.07) is 5.20. The van der Waals surface area contributed by atoms with E-state index in [-0.39, 0.29) is 11.3 Å². The van der Waals surface area contributed by atoms with Gasteiger partial charge in [-0.2, -0.15) is 0 Å². The maximum absolute atomic E-state index is 12.3. The smallest absolute Gasteiger partial charge is 0.255 e. The first-order chi connectivity index (χ1) is 11.6. The second-order valence-corrected chi connectivity index (χ2v) is 6.14. The van der Waals surface area contributed by atoms with Crippen LogP contribution < -0.4 is 10.3 Å². The van der Waals surface area contributed by atoms with Crippen LogP contribution in [0.25, 0.3) is 0 Å². The molecule has 1 aromatic heterocycles.